The quantitative estimate of drug-likeness (QED) is 0.351. The molecule has 3 nitrogen and oxygen atoms in total. The highest BCUT2D eigenvalue weighted by Gasteiger charge is 2.31. The van der Waals surface area contributed by atoms with Crippen molar-refractivity contribution < 1.29 is 4.42 Å². The van der Waals surface area contributed by atoms with Crippen LogP contribution >= 0.6 is 0 Å². The highest BCUT2D eigenvalue weighted by molar-refractivity contribution is 6.11. The second-order valence-electron chi connectivity index (χ2n) is 7.51. The molecule has 2 aliphatic heterocycles. The molecule has 2 aliphatic rings. The minimum Gasteiger partial charge on any atom is -0.456 e. The Hall–Kier alpha value is -3.72. The Morgan fingerprint density at radius 1 is 0.786 bits per heavy atom. The van der Waals surface area contributed by atoms with E-state index in [0.717, 1.165) is 21.9 Å². The van der Waals surface area contributed by atoms with Crippen molar-refractivity contribution >= 4 is 38.4 Å². The molecule has 0 aliphatic carbocycles. The Kier molecular flexibility index (Phi) is 2.54. The van der Waals surface area contributed by atoms with Crippen LogP contribution in [0.1, 0.15) is 11.7 Å². The zero-order valence-corrected chi connectivity index (χ0v) is 15.0. The van der Waals surface area contributed by atoms with Crippen LogP contribution in [0.2, 0.25) is 0 Å². The van der Waals surface area contributed by atoms with Crippen LogP contribution in [0.4, 0.5) is 5.69 Å². The van der Waals surface area contributed by atoms with E-state index in [1.807, 2.05) is 18.3 Å². The summed E-state index contributed by atoms with van der Waals surface area (Å²) < 4.78 is 6.20. The fourth-order valence-electron chi connectivity index (χ4n) is 4.85. The van der Waals surface area contributed by atoms with Crippen LogP contribution in [0.5, 0.6) is 0 Å². The van der Waals surface area contributed by atoms with E-state index in [-0.39, 0.29) is 6.17 Å². The maximum atomic E-state index is 6.20. The summed E-state index contributed by atoms with van der Waals surface area (Å²) in [5.74, 6) is 0. The van der Waals surface area contributed by atoms with Gasteiger partial charge >= 0.3 is 0 Å². The summed E-state index contributed by atoms with van der Waals surface area (Å²) in [7, 11) is 0. The molecule has 5 aromatic rings. The average molecular weight is 360 g/mol. The van der Waals surface area contributed by atoms with E-state index in [1.165, 1.54) is 33.2 Å². The van der Waals surface area contributed by atoms with Crippen molar-refractivity contribution in [3.05, 3.63) is 90.8 Å². The third-order valence-corrected chi connectivity index (χ3v) is 6.06. The van der Waals surface area contributed by atoms with Gasteiger partial charge in [-0.2, -0.15) is 0 Å². The van der Waals surface area contributed by atoms with Crippen molar-refractivity contribution in [1.82, 2.24) is 5.32 Å². The van der Waals surface area contributed by atoms with Crippen molar-refractivity contribution in [3.8, 4) is 11.1 Å². The second-order valence-corrected chi connectivity index (χ2v) is 7.51. The zero-order chi connectivity index (χ0) is 18.2. The minimum absolute atomic E-state index is 0.0988. The van der Waals surface area contributed by atoms with Gasteiger partial charge in [-0.3, -0.25) is 0 Å². The Morgan fingerprint density at radius 2 is 1.68 bits per heavy atom. The first kappa shape index (κ1) is 14.4. The molecule has 1 aromatic heterocycles. The summed E-state index contributed by atoms with van der Waals surface area (Å²) in [4.78, 5) is 2.34. The number of nitrogens with zero attached hydrogens (tertiary/aromatic N) is 1. The standard InChI is InChI=1S/C25H16N2O/c1-2-10-22-16(7-1)20-13-21-19(14-23(20)28-22)17-8-3-5-15-6-4-9-18(24(15)17)25-26-11-12-27(21)25/h1-14,25-26H. The van der Waals surface area contributed by atoms with Crippen molar-refractivity contribution in [1.29, 1.82) is 0 Å². The molecule has 4 aromatic carbocycles. The average Bonchev–Trinajstić information content (AvgIpc) is 3.34. The zero-order valence-electron chi connectivity index (χ0n) is 15.0. The number of anilines is 1. The normalized spacial score (nSPS) is 17.0. The van der Waals surface area contributed by atoms with Gasteiger partial charge < -0.3 is 14.6 Å². The number of benzene rings is 4. The van der Waals surface area contributed by atoms with E-state index in [1.54, 1.807) is 0 Å². The van der Waals surface area contributed by atoms with Gasteiger partial charge in [0.15, 0.2) is 0 Å². The number of hydrogen-bond donors (Lipinski definition) is 1. The Bertz CT molecular complexity index is 1460. The van der Waals surface area contributed by atoms with Gasteiger partial charge in [0.05, 0.1) is 5.69 Å². The third kappa shape index (κ3) is 1.69. The van der Waals surface area contributed by atoms with Gasteiger partial charge in [0.2, 0.25) is 0 Å². The lowest BCUT2D eigenvalue weighted by Crippen LogP contribution is -2.26. The minimum atomic E-state index is 0.0988. The highest BCUT2D eigenvalue weighted by atomic mass is 16.3. The molecule has 0 bridgehead atoms. The maximum absolute atomic E-state index is 6.20. The van der Waals surface area contributed by atoms with E-state index in [9.17, 15) is 0 Å². The maximum Gasteiger partial charge on any atom is 0.136 e. The lowest BCUT2D eigenvalue weighted by molar-refractivity contribution is 0.667. The van der Waals surface area contributed by atoms with Gasteiger partial charge in [0, 0.05) is 34.3 Å². The first-order chi connectivity index (χ1) is 13.9. The first-order valence-electron chi connectivity index (χ1n) is 9.57. The second kappa shape index (κ2) is 4.96. The van der Waals surface area contributed by atoms with Gasteiger partial charge in [-0.1, -0.05) is 54.6 Å². The molecule has 0 saturated heterocycles. The predicted octanol–water partition coefficient (Wildman–Crippen LogP) is 6.30. The van der Waals surface area contributed by atoms with Crippen LogP contribution in [0, 0.1) is 0 Å². The summed E-state index contributed by atoms with van der Waals surface area (Å²) in [5, 5.41) is 8.44. The summed E-state index contributed by atoms with van der Waals surface area (Å²) >= 11 is 0. The molecule has 1 atom stereocenters. The van der Waals surface area contributed by atoms with Crippen LogP contribution in [0.25, 0.3) is 43.8 Å². The van der Waals surface area contributed by atoms with Crippen LogP contribution in [-0.2, 0) is 0 Å². The first-order valence-corrected chi connectivity index (χ1v) is 9.57. The summed E-state index contributed by atoms with van der Waals surface area (Å²) in [6.07, 6.45) is 4.28. The van der Waals surface area contributed by atoms with Gasteiger partial charge in [0.25, 0.3) is 0 Å². The van der Waals surface area contributed by atoms with Crippen LogP contribution in [0.3, 0.4) is 0 Å². The van der Waals surface area contributed by atoms with Crippen molar-refractivity contribution in [2.45, 2.75) is 6.17 Å². The molecule has 3 heteroatoms. The van der Waals surface area contributed by atoms with Crippen LogP contribution in [-0.4, -0.2) is 0 Å². The van der Waals surface area contributed by atoms with E-state index >= 15 is 0 Å². The molecule has 1 N–H and O–H groups in total. The Balaban J connectivity index is 1.67. The van der Waals surface area contributed by atoms with E-state index in [4.69, 9.17) is 4.42 Å². The van der Waals surface area contributed by atoms with Crippen molar-refractivity contribution in [2.24, 2.45) is 0 Å². The molecule has 132 valence electrons. The SMILES string of the molecule is C1=CN2c3cc4c(cc3-c3cccc5cccc(c35)C2N1)oc1ccccc14. The fraction of sp³-hybridized carbons (Fsp3) is 0.0400. The molecule has 28 heavy (non-hydrogen) atoms. The molecule has 0 fully saturated rings. The molecule has 0 amide bonds. The van der Waals surface area contributed by atoms with E-state index in [0.29, 0.717) is 0 Å². The topological polar surface area (TPSA) is 28.4 Å². The molecular formula is C25H16N2O. The lowest BCUT2D eigenvalue weighted by atomic mass is 9.94. The van der Waals surface area contributed by atoms with E-state index in [2.05, 4.69) is 77.1 Å². The molecule has 7 rings (SSSR count). The number of fused-ring (bicyclic) bond motifs is 8. The smallest absolute Gasteiger partial charge is 0.136 e. The van der Waals surface area contributed by atoms with Gasteiger partial charge in [-0.25, -0.2) is 0 Å². The summed E-state index contributed by atoms with van der Waals surface area (Å²) in [5.41, 5.74) is 6.84. The number of para-hydroxylation sites is 1. The lowest BCUT2D eigenvalue weighted by Gasteiger charge is -2.26. The Morgan fingerprint density at radius 3 is 2.64 bits per heavy atom. The Labute approximate surface area is 161 Å². The van der Waals surface area contributed by atoms with Gasteiger partial charge in [-0.15, -0.1) is 0 Å². The van der Waals surface area contributed by atoms with Gasteiger partial charge in [-0.05, 0) is 34.5 Å². The molecule has 0 spiro atoms. The summed E-state index contributed by atoms with van der Waals surface area (Å²) in [6.45, 7) is 0. The monoisotopic (exact) mass is 360 g/mol. The van der Waals surface area contributed by atoms with E-state index < -0.39 is 0 Å². The van der Waals surface area contributed by atoms with Crippen LogP contribution in [0.15, 0.2) is 89.6 Å². The van der Waals surface area contributed by atoms with Crippen molar-refractivity contribution in [2.75, 3.05) is 4.90 Å². The van der Waals surface area contributed by atoms with Gasteiger partial charge in [0.1, 0.15) is 17.3 Å². The number of rotatable bonds is 0. The highest BCUT2D eigenvalue weighted by Crippen LogP contribution is 2.48. The van der Waals surface area contributed by atoms with Crippen LogP contribution < -0.4 is 10.2 Å². The predicted molar refractivity (Wildman–Crippen MR) is 114 cm³/mol. The molecular weight excluding hydrogens is 344 g/mol. The number of hydrogen-bond acceptors (Lipinski definition) is 3. The summed E-state index contributed by atoms with van der Waals surface area (Å²) in [6, 6.07) is 25.9. The van der Waals surface area contributed by atoms with Crippen molar-refractivity contribution in [3.63, 3.8) is 0 Å². The number of furan rings is 1. The molecule has 0 saturated carbocycles. The number of nitrogens with one attached hydrogen (secondary N) is 1. The fourth-order valence-corrected chi connectivity index (χ4v) is 4.85. The molecule has 0 radical (unpaired) electrons. The third-order valence-electron chi connectivity index (χ3n) is 6.06. The molecule has 1 unspecified atom stereocenters. The largest absolute Gasteiger partial charge is 0.456 e. The molecule has 3 heterocycles.